The van der Waals surface area contributed by atoms with Crippen molar-refractivity contribution >= 4 is 12.6 Å². The van der Waals surface area contributed by atoms with Crippen LogP contribution in [0.5, 0.6) is 0 Å². The Hall–Kier alpha value is -3.00. The van der Waals surface area contributed by atoms with Crippen molar-refractivity contribution in [3.63, 3.8) is 0 Å². The number of aldehydes is 2. The predicted molar refractivity (Wildman–Crippen MR) is 242 cm³/mol. The normalized spacial score (nSPS) is 12.5. The maximum Gasteiger partial charge on any atom is 0.150 e. The van der Waals surface area contributed by atoms with E-state index in [1.54, 1.807) is 22.3 Å². The highest BCUT2D eigenvalue weighted by Gasteiger charge is 2.34. The van der Waals surface area contributed by atoms with E-state index < -0.39 is 0 Å². The predicted octanol–water partition coefficient (Wildman–Crippen LogP) is 16.1. The molecule has 0 saturated heterocycles. The lowest BCUT2D eigenvalue weighted by molar-refractivity contribution is 0.111. The molecule has 0 atom stereocenters. The molecule has 3 aromatic carbocycles. The summed E-state index contributed by atoms with van der Waals surface area (Å²) in [5.74, 6) is 0. The van der Waals surface area contributed by atoms with E-state index >= 15 is 0 Å². The third-order valence-electron chi connectivity index (χ3n) is 13.4. The Morgan fingerprint density at radius 2 is 0.875 bits per heavy atom. The molecular weight excluding hydrogens is 681 g/mol. The Bertz CT molecular complexity index is 1690. The Labute approximate surface area is 343 Å². The number of unbranched alkanes of at least 4 members (excludes halogenated alkanes) is 20. The Balaban J connectivity index is 1.63. The molecule has 3 aromatic rings. The molecule has 0 spiro atoms. The van der Waals surface area contributed by atoms with Crippen LogP contribution in [0.4, 0.5) is 0 Å². The molecule has 0 heterocycles. The van der Waals surface area contributed by atoms with Crippen LogP contribution in [0.15, 0.2) is 24.3 Å². The Kier molecular flexibility index (Phi) is 18.9. The molecule has 0 aromatic heterocycles. The van der Waals surface area contributed by atoms with Gasteiger partial charge in [0, 0.05) is 11.1 Å². The van der Waals surface area contributed by atoms with Crippen LogP contribution in [-0.2, 0) is 38.5 Å². The molecule has 2 heteroatoms. The molecule has 0 bridgehead atoms. The molecule has 0 aliphatic heterocycles. The van der Waals surface area contributed by atoms with Crippen molar-refractivity contribution in [1.29, 1.82) is 0 Å². The van der Waals surface area contributed by atoms with Crippen molar-refractivity contribution in [2.45, 2.75) is 220 Å². The summed E-state index contributed by atoms with van der Waals surface area (Å²) in [6, 6.07) is 8.93. The van der Waals surface area contributed by atoms with E-state index in [1.807, 2.05) is 6.07 Å². The number of carbonyl (C=O) groups excluding carboxylic acids is 2. The van der Waals surface area contributed by atoms with Crippen molar-refractivity contribution in [1.82, 2.24) is 0 Å². The first kappa shape index (κ1) is 44.1. The lowest BCUT2D eigenvalue weighted by Crippen LogP contribution is -2.11. The van der Waals surface area contributed by atoms with Crippen LogP contribution in [0.1, 0.15) is 247 Å². The van der Waals surface area contributed by atoms with E-state index in [-0.39, 0.29) is 0 Å². The monoisotopic (exact) mass is 759 g/mol. The number of benzene rings is 3. The molecule has 2 aliphatic carbocycles. The first-order chi connectivity index (χ1) is 27.6. The number of hydrogen-bond donors (Lipinski definition) is 0. The maximum atomic E-state index is 13.5. The maximum absolute atomic E-state index is 13.5. The van der Waals surface area contributed by atoms with Gasteiger partial charge in [0.15, 0.2) is 6.29 Å². The van der Waals surface area contributed by atoms with E-state index in [1.165, 1.54) is 205 Å². The van der Waals surface area contributed by atoms with Gasteiger partial charge < -0.3 is 0 Å². The molecule has 5 rings (SSSR count). The van der Waals surface area contributed by atoms with Crippen LogP contribution in [0.3, 0.4) is 0 Å². The minimum absolute atomic E-state index is 0.785. The zero-order valence-electron chi connectivity index (χ0n) is 36.5. The molecule has 0 radical (unpaired) electrons. The van der Waals surface area contributed by atoms with Gasteiger partial charge >= 0.3 is 0 Å². The minimum Gasteiger partial charge on any atom is -0.298 e. The van der Waals surface area contributed by atoms with Crippen LogP contribution < -0.4 is 0 Å². The van der Waals surface area contributed by atoms with Gasteiger partial charge in [-0.1, -0.05) is 168 Å². The molecule has 0 fully saturated rings. The van der Waals surface area contributed by atoms with Crippen molar-refractivity contribution in [3.8, 4) is 22.3 Å². The zero-order chi connectivity index (χ0) is 39.5. The van der Waals surface area contributed by atoms with Crippen molar-refractivity contribution in [2.75, 3.05) is 0 Å². The molecule has 0 unspecified atom stereocenters. The number of fused-ring (bicyclic) bond motifs is 6. The summed E-state index contributed by atoms with van der Waals surface area (Å²) < 4.78 is 0. The quantitative estimate of drug-likeness (QED) is 0.0345. The first-order valence-electron chi connectivity index (χ1n) is 24.0. The van der Waals surface area contributed by atoms with E-state index in [0.29, 0.717) is 0 Å². The van der Waals surface area contributed by atoms with E-state index in [4.69, 9.17) is 0 Å². The zero-order valence-corrected chi connectivity index (χ0v) is 36.5. The second-order valence-corrected chi connectivity index (χ2v) is 17.7. The lowest BCUT2D eigenvalue weighted by atomic mass is 9.79. The molecule has 0 N–H and O–H groups in total. The Morgan fingerprint density at radius 3 is 1.39 bits per heavy atom. The highest BCUT2D eigenvalue weighted by molar-refractivity contribution is 5.94. The summed E-state index contributed by atoms with van der Waals surface area (Å²) in [5, 5.41) is 0. The fourth-order valence-corrected chi connectivity index (χ4v) is 10.3. The molecule has 2 nitrogen and oxygen atoms in total. The highest BCUT2D eigenvalue weighted by Crippen LogP contribution is 2.52. The fourth-order valence-electron chi connectivity index (χ4n) is 10.3. The summed E-state index contributed by atoms with van der Waals surface area (Å²) in [5.41, 5.74) is 19.5. The molecule has 56 heavy (non-hydrogen) atoms. The highest BCUT2D eigenvalue weighted by atomic mass is 16.1. The van der Waals surface area contributed by atoms with Gasteiger partial charge in [-0.25, -0.2) is 0 Å². The Morgan fingerprint density at radius 1 is 0.411 bits per heavy atom. The van der Waals surface area contributed by atoms with Crippen LogP contribution >= 0.6 is 0 Å². The number of rotatable bonds is 30. The van der Waals surface area contributed by atoms with Crippen molar-refractivity contribution in [2.24, 2.45) is 0 Å². The average Bonchev–Trinajstić information content (AvgIpc) is 3.78. The van der Waals surface area contributed by atoms with Gasteiger partial charge in [0.25, 0.3) is 0 Å². The number of carbonyl (C=O) groups is 2. The minimum atomic E-state index is 0.785. The molecule has 0 amide bonds. The lowest BCUT2D eigenvalue weighted by Gasteiger charge is -2.24. The van der Waals surface area contributed by atoms with Gasteiger partial charge in [-0.15, -0.1) is 0 Å². The largest absolute Gasteiger partial charge is 0.298 e. The second-order valence-electron chi connectivity index (χ2n) is 17.7. The molecular formula is C54H78O2. The fraction of sp³-hybridized carbons (Fsp3) is 0.630. The topological polar surface area (TPSA) is 34.1 Å². The van der Waals surface area contributed by atoms with Gasteiger partial charge in [-0.05, 0) is 143 Å². The van der Waals surface area contributed by atoms with Gasteiger partial charge in [0.1, 0.15) is 6.29 Å². The smallest absolute Gasteiger partial charge is 0.150 e. The standard InChI is InChI=1S/C54H78O2/c1-5-9-13-17-21-25-29-45-47(31-27-23-19-15-11-7-3)54-51(46(52(45)40-56)30-26-22-18-14-10-6-2)38-43-37-49-44-34-33-41(39-55)35-42(44)36-50(49)48(53(43)54)32-28-24-20-16-12-8-4/h33-35,37,39-40H,5-32,36,38H2,1-4H3. The van der Waals surface area contributed by atoms with Gasteiger partial charge in [-0.2, -0.15) is 0 Å². The van der Waals surface area contributed by atoms with Crippen LogP contribution in [0, 0.1) is 0 Å². The van der Waals surface area contributed by atoms with Gasteiger partial charge in [0.05, 0.1) is 0 Å². The summed E-state index contributed by atoms with van der Waals surface area (Å²) in [6.45, 7) is 9.22. The van der Waals surface area contributed by atoms with Crippen LogP contribution in [-0.4, -0.2) is 12.6 Å². The average molecular weight is 759 g/mol. The second kappa shape index (κ2) is 24.0. The van der Waals surface area contributed by atoms with Crippen molar-refractivity contribution < 1.29 is 9.59 Å². The van der Waals surface area contributed by atoms with E-state index in [2.05, 4.69) is 45.9 Å². The van der Waals surface area contributed by atoms with Crippen molar-refractivity contribution in [3.05, 3.63) is 79.9 Å². The van der Waals surface area contributed by atoms with Gasteiger partial charge in [-0.3, -0.25) is 9.59 Å². The number of hydrogen-bond acceptors (Lipinski definition) is 2. The molecule has 306 valence electrons. The SMILES string of the molecule is CCCCCCCCc1c(C=O)c(CCCCCCCC)c2c(c1CCCCCCCC)-c1c(cc3c(c1CCCCCCCC)Cc1cc(C=O)ccc1-3)C2. The summed E-state index contributed by atoms with van der Waals surface area (Å²) in [7, 11) is 0. The van der Waals surface area contributed by atoms with Gasteiger partial charge in [0.2, 0.25) is 0 Å². The summed E-state index contributed by atoms with van der Waals surface area (Å²) >= 11 is 0. The summed E-state index contributed by atoms with van der Waals surface area (Å²) in [6.07, 6.45) is 39.3. The summed E-state index contributed by atoms with van der Waals surface area (Å²) in [4.78, 5) is 25.4. The molecule has 0 saturated carbocycles. The third-order valence-corrected chi connectivity index (χ3v) is 13.4. The van der Waals surface area contributed by atoms with Crippen LogP contribution in [0.25, 0.3) is 22.3 Å². The third kappa shape index (κ3) is 11.3. The molecule has 2 aliphatic rings. The van der Waals surface area contributed by atoms with E-state index in [0.717, 1.165) is 55.9 Å². The van der Waals surface area contributed by atoms with E-state index in [9.17, 15) is 9.59 Å². The van der Waals surface area contributed by atoms with Crippen LogP contribution in [0.2, 0.25) is 0 Å². The first-order valence-corrected chi connectivity index (χ1v) is 24.0.